The van der Waals surface area contributed by atoms with Crippen LogP contribution in [0.5, 0.6) is 0 Å². The van der Waals surface area contributed by atoms with Crippen LogP contribution in [0.1, 0.15) is 54.4 Å². The summed E-state index contributed by atoms with van der Waals surface area (Å²) in [5.74, 6) is 2.10. The van der Waals surface area contributed by atoms with Gasteiger partial charge in [-0.15, -0.1) is 0 Å². The topological polar surface area (TPSA) is 108 Å². The Hall–Kier alpha value is -3.04. The van der Waals surface area contributed by atoms with Crippen molar-refractivity contribution in [2.45, 2.75) is 43.9 Å². The van der Waals surface area contributed by atoms with Crippen molar-refractivity contribution in [1.82, 2.24) is 20.1 Å². The highest BCUT2D eigenvalue weighted by molar-refractivity contribution is 7.92. The molecule has 3 aromatic rings. The molecule has 1 saturated heterocycles. The number of H-pyrrole nitrogens is 1. The van der Waals surface area contributed by atoms with Crippen LogP contribution in [0.3, 0.4) is 0 Å². The number of benzene rings is 2. The molecule has 0 radical (unpaired) electrons. The van der Waals surface area contributed by atoms with Crippen molar-refractivity contribution in [3.63, 3.8) is 0 Å². The van der Waals surface area contributed by atoms with Gasteiger partial charge in [0.15, 0.2) is 15.7 Å². The molecule has 5 rings (SSSR count). The highest BCUT2D eigenvalue weighted by atomic mass is 32.2. The molecule has 8 nitrogen and oxygen atoms in total. The lowest BCUT2D eigenvalue weighted by Gasteiger charge is -2.37. The van der Waals surface area contributed by atoms with Gasteiger partial charge < -0.3 is 5.32 Å². The van der Waals surface area contributed by atoms with E-state index in [4.69, 9.17) is 0 Å². The second-order valence-electron chi connectivity index (χ2n) is 9.84. The molecule has 1 aliphatic carbocycles. The Morgan fingerprint density at radius 3 is 2.65 bits per heavy atom. The van der Waals surface area contributed by atoms with Gasteiger partial charge in [-0.1, -0.05) is 12.1 Å². The molecular weight excluding hydrogens is 450 g/mol. The number of nitrogens with zero attached hydrogens (tertiary/aromatic N) is 3. The number of anilines is 1. The molecule has 1 amide bonds. The number of sulfone groups is 1. The number of carbonyl (C=O) groups is 1. The van der Waals surface area contributed by atoms with Crippen molar-refractivity contribution in [2.75, 3.05) is 24.2 Å². The lowest BCUT2D eigenvalue weighted by Crippen LogP contribution is -2.52. The SMILES string of the molecule is CC1(C)CN(Cc2cccc(C(=O)Nc3ccc(-c4n[nH]c(C5CC5)n4)cc3)c2)CCS1(=O)=O. The van der Waals surface area contributed by atoms with Crippen LogP contribution < -0.4 is 5.32 Å². The van der Waals surface area contributed by atoms with E-state index in [2.05, 4.69) is 25.4 Å². The summed E-state index contributed by atoms with van der Waals surface area (Å²) in [5.41, 5.74) is 3.14. The van der Waals surface area contributed by atoms with Gasteiger partial charge in [0.25, 0.3) is 5.91 Å². The molecule has 2 aliphatic rings. The number of aromatic nitrogens is 3. The minimum Gasteiger partial charge on any atom is -0.322 e. The van der Waals surface area contributed by atoms with Gasteiger partial charge in [-0.05, 0) is 68.7 Å². The molecule has 0 atom stereocenters. The van der Waals surface area contributed by atoms with Crippen LogP contribution in [-0.4, -0.2) is 58.0 Å². The smallest absolute Gasteiger partial charge is 0.255 e. The van der Waals surface area contributed by atoms with Crippen LogP contribution in [-0.2, 0) is 16.4 Å². The summed E-state index contributed by atoms with van der Waals surface area (Å²) in [7, 11) is -3.08. The molecule has 0 unspecified atom stereocenters. The fourth-order valence-electron chi connectivity index (χ4n) is 4.29. The third-order valence-corrected chi connectivity index (χ3v) is 9.12. The van der Waals surface area contributed by atoms with Crippen molar-refractivity contribution in [2.24, 2.45) is 0 Å². The molecular formula is C25H29N5O3S. The first kappa shape index (κ1) is 22.7. The predicted molar refractivity (Wildman–Crippen MR) is 131 cm³/mol. The lowest BCUT2D eigenvalue weighted by molar-refractivity contribution is 0.102. The molecule has 9 heteroatoms. The van der Waals surface area contributed by atoms with Gasteiger partial charge >= 0.3 is 0 Å². The van der Waals surface area contributed by atoms with Crippen LogP contribution in [0.15, 0.2) is 48.5 Å². The quantitative estimate of drug-likeness (QED) is 0.559. The number of amides is 1. The molecule has 34 heavy (non-hydrogen) atoms. The van der Waals surface area contributed by atoms with E-state index in [1.54, 1.807) is 19.9 Å². The van der Waals surface area contributed by atoms with Gasteiger partial charge in [0, 0.05) is 42.4 Å². The first-order valence-electron chi connectivity index (χ1n) is 11.6. The summed E-state index contributed by atoms with van der Waals surface area (Å²) < 4.78 is 23.8. The van der Waals surface area contributed by atoms with Crippen LogP contribution >= 0.6 is 0 Å². The van der Waals surface area contributed by atoms with E-state index >= 15 is 0 Å². The maximum Gasteiger partial charge on any atom is 0.255 e. The van der Waals surface area contributed by atoms with Gasteiger partial charge in [0.2, 0.25) is 0 Å². The fourth-order valence-corrected chi connectivity index (χ4v) is 5.72. The maximum atomic E-state index is 12.9. The van der Waals surface area contributed by atoms with Gasteiger partial charge in [-0.3, -0.25) is 14.8 Å². The van der Waals surface area contributed by atoms with E-state index in [9.17, 15) is 13.2 Å². The van der Waals surface area contributed by atoms with Crippen LogP contribution in [0, 0.1) is 0 Å². The van der Waals surface area contributed by atoms with E-state index in [0.717, 1.165) is 17.0 Å². The Kier molecular flexibility index (Phi) is 5.77. The van der Waals surface area contributed by atoms with Crippen molar-refractivity contribution < 1.29 is 13.2 Å². The number of hydrogen-bond acceptors (Lipinski definition) is 6. The van der Waals surface area contributed by atoms with Gasteiger partial charge in [0.05, 0.1) is 10.5 Å². The van der Waals surface area contributed by atoms with Crippen molar-refractivity contribution in [1.29, 1.82) is 0 Å². The monoisotopic (exact) mass is 479 g/mol. The zero-order valence-corrected chi connectivity index (χ0v) is 20.2. The Morgan fingerprint density at radius 2 is 1.94 bits per heavy atom. The predicted octanol–water partition coefficient (Wildman–Crippen LogP) is 3.61. The molecule has 1 saturated carbocycles. The number of carbonyl (C=O) groups excluding carboxylic acids is 1. The molecule has 0 spiro atoms. The summed E-state index contributed by atoms with van der Waals surface area (Å²) in [4.78, 5) is 19.6. The molecule has 178 valence electrons. The number of aromatic amines is 1. The summed E-state index contributed by atoms with van der Waals surface area (Å²) in [6, 6.07) is 15.0. The molecule has 0 bridgehead atoms. The number of nitrogens with one attached hydrogen (secondary N) is 2. The summed E-state index contributed by atoms with van der Waals surface area (Å²) in [5, 5.41) is 10.3. The summed E-state index contributed by atoms with van der Waals surface area (Å²) in [6.07, 6.45) is 2.33. The minimum absolute atomic E-state index is 0.159. The Balaban J connectivity index is 1.22. The normalized spacial score (nSPS) is 19.6. The van der Waals surface area contributed by atoms with E-state index in [1.165, 1.54) is 12.8 Å². The average molecular weight is 480 g/mol. The number of rotatable bonds is 6. The van der Waals surface area contributed by atoms with E-state index in [0.29, 0.717) is 42.6 Å². The maximum absolute atomic E-state index is 12.9. The van der Waals surface area contributed by atoms with E-state index in [1.807, 2.05) is 42.5 Å². The Morgan fingerprint density at radius 1 is 1.18 bits per heavy atom. The number of hydrogen-bond donors (Lipinski definition) is 2. The Bertz CT molecular complexity index is 1310. The Labute approximate surface area is 199 Å². The van der Waals surface area contributed by atoms with Gasteiger partial charge in [0.1, 0.15) is 5.82 Å². The first-order valence-corrected chi connectivity index (χ1v) is 13.2. The molecule has 1 aliphatic heterocycles. The largest absolute Gasteiger partial charge is 0.322 e. The van der Waals surface area contributed by atoms with E-state index < -0.39 is 14.6 Å². The molecule has 2 aromatic carbocycles. The molecule has 2 N–H and O–H groups in total. The lowest BCUT2D eigenvalue weighted by atomic mass is 10.1. The standard InChI is InChI=1S/C25H29N5O3S/c1-25(2)16-30(12-13-34(25,32)33)15-17-4-3-5-20(14-17)24(31)26-21-10-8-19(9-11-21)23-27-22(28-29-23)18-6-7-18/h3-5,8-11,14,18H,6-7,12-13,15-16H2,1-2H3,(H,26,31)(H,27,28,29). The second kappa shape index (κ2) is 8.63. The molecule has 2 fully saturated rings. The van der Waals surface area contributed by atoms with Crippen LogP contribution in [0.2, 0.25) is 0 Å². The van der Waals surface area contributed by atoms with Crippen LogP contribution in [0.25, 0.3) is 11.4 Å². The third kappa shape index (κ3) is 4.76. The first-order chi connectivity index (χ1) is 16.2. The summed E-state index contributed by atoms with van der Waals surface area (Å²) in [6.45, 7) is 5.14. The molecule has 1 aromatic heterocycles. The zero-order chi connectivity index (χ0) is 23.9. The van der Waals surface area contributed by atoms with Crippen molar-refractivity contribution >= 4 is 21.4 Å². The van der Waals surface area contributed by atoms with Crippen LogP contribution in [0.4, 0.5) is 5.69 Å². The highest BCUT2D eigenvalue weighted by Gasteiger charge is 2.39. The highest BCUT2D eigenvalue weighted by Crippen LogP contribution is 2.38. The third-order valence-electron chi connectivity index (χ3n) is 6.59. The van der Waals surface area contributed by atoms with Crippen molar-refractivity contribution in [3.8, 4) is 11.4 Å². The summed E-state index contributed by atoms with van der Waals surface area (Å²) >= 11 is 0. The van der Waals surface area contributed by atoms with Gasteiger partial charge in [-0.25, -0.2) is 13.4 Å². The average Bonchev–Trinajstić information content (AvgIpc) is 3.54. The van der Waals surface area contributed by atoms with Gasteiger partial charge in [-0.2, -0.15) is 5.10 Å². The fraction of sp³-hybridized carbons (Fsp3) is 0.400. The zero-order valence-electron chi connectivity index (χ0n) is 19.4. The minimum atomic E-state index is -3.08. The van der Waals surface area contributed by atoms with Crippen molar-refractivity contribution in [3.05, 3.63) is 65.5 Å². The molecule has 2 heterocycles. The second-order valence-corrected chi connectivity index (χ2v) is 12.6. The van der Waals surface area contributed by atoms with E-state index in [-0.39, 0.29) is 11.7 Å².